The molecule has 0 unspecified atom stereocenters. The van der Waals surface area contributed by atoms with Crippen LogP contribution in [0.4, 0.5) is 4.79 Å². The maximum Gasteiger partial charge on any atom is 0.500 e. The summed E-state index contributed by atoms with van der Waals surface area (Å²) in [6.45, 7) is 8.59. The van der Waals surface area contributed by atoms with Crippen LogP contribution in [0.3, 0.4) is 0 Å². The molecule has 0 fully saturated rings. The Hall–Kier alpha value is -1.41. The molecule has 136 valence electrons. The summed E-state index contributed by atoms with van der Waals surface area (Å²) in [4.78, 5) is 11.8. The van der Waals surface area contributed by atoms with Crippen molar-refractivity contribution in [2.75, 3.05) is 26.4 Å². The Bertz CT molecular complexity index is 442. The summed E-state index contributed by atoms with van der Waals surface area (Å²) < 4.78 is 17.4. The van der Waals surface area contributed by atoms with Crippen molar-refractivity contribution in [2.45, 2.75) is 39.8 Å². The highest BCUT2D eigenvalue weighted by Crippen LogP contribution is 2.17. The van der Waals surface area contributed by atoms with Crippen LogP contribution in [0, 0.1) is 0 Å². The van der Waals surface area contributed by atoms with Crippen LogP contribution in [0.15, 0.2) is 30.3 Å². The Morgan fingerprint density at radius 3 is 2.08 bits per heavy atom. The van der Waals surface area contributed by atoms with Crippen molar-refractivity contribution < 1.29 is 18.1 Å². The number of hydrogen-bond donors (Lipinski definition) is 2. The Kier molecular flexibility index (Phi) is 10.3. The van der Waals surface area contributed by atoms with Crippen molar-refractivity contribution in [1.29, 1.82) is 0 Å². The van der Waals surface area contributed by atoms with Gasteiger partial charge in [-0.3, -0.25) is 0 Å². The fourth-order valence-electron chi connectivity index (χ4n) is 2.35. The summed E-state index contributed by atoms with van der Waals surface area (Å²) in [6.07, 6.45) is 0.755. The lowest BCUT2D eigenvalue weighted by atomic mass is 10.2. The molecule has 1 rings (SSSR count). The van der Waals surface area contributed by atoms with Gasteiger partial charge in [-0.15, -0.1) is 0 Å². The summed E-state index contributed by atoms with van der Waals surface area (Å²) in [5.41, 5.74) is 1.07. The second-order valence-corrected chi connectivity index (χ2v) is 7.91. The highest BCUT2D eigenvalue weighted by Gasteiger charge is 2.39. The van der Waals surface area contributed by atoms with Gasteiger partial charge in [0.2, 0.25) is 0 Å². The van der Waals surface area contributed by atoms with E-state index >= 15 is 0 Å². The molecule has 0 atom stereocenters. The van der Waals surface area contributed by atoms with Crippen molar-refractivity contribution in [2.24, 2.45) is 0 Å². The topological polar surface area (TPSA) is 68.8 Å². The number of nitrogens with one attached hydrogen (secondary N) is 2. The average molecular weight is 355 g/mol. The van der Waals surface area contributed by atoms with Gasteiger partial charge in [0.1, 0.15) is 0 Å². The minimum Gasteiger partial charge on any atom is -0.374 e. The standard InChI is InChI=1S/C17H30N2O4Si/c1-4-21-24(22-5-2,23-6-3)14-10-13-18-17(20)19-15-16-11-8-7-9-12-16/h7-9,11-12H,4-6,10,13-15H2,1-3H3,(H2,18,19,20). The number of urea groups is 1. The van der Waals surface area contributed by atoms with Gasteiger partial charge in [-0.2, -0.15) is 0 Å². The number of hydrogen-bond acceptors (Lipinski definition) is 4. The fourth-order valence-corrected chi connectivity index (χ4v) is 4.96. The van der Waals surface area contributed by atoms with E-state index in [1.807, 2.05) is 51.1 Å². The quantitative estimate of drug-likeness (QED) is 0.447. The molecule has 0 aromatic heterocycles. The van der Waals surface area contributed by atoms with E-state index in [4.69, 9.17) is 13.3 Å². The molecule has 6 nitrogen and oxygen atoms in total. The number of amides is 2. The smallest absolute Gasteiger partial charge is 0.374 e. The molecular formula is C17H30N2O4Si. The molecule has 0 saturated carbocycles. The van der Waals surface area contributed by atoms with Crippen LogP contribution in [-0.2, 0) is 19.8 Å². The lowest BCUT2D eigenvalue weighted by molar-refractivity contribution is 0.0708. The van der Waals surface area contributed by atoms with Crippen LogP contribution in [-0.4, -0.2) is 41.2 Å². The van der Waals surface area contributed by atoms with Gasteiger partial charge < -0.3 is 23.9 Å². The van der Waals surface area contributed by atoms with Crippen LogP contribution in [0.2, 0.25) is 6.04 Å². The maximum absolute atomic E-state index is 11.8. The normalized spacial score (nSPS) is 11.3. The summed E-state index contributed by atoms with van der Waals surface area (Å²) in [6, 6.07) is 10.3. The highest BCUT2D eigenvalue weighted by atomic mass is 28.4. The third-order valence-corrected chi connectivity index (χ3v) is 6.49. The van der Waals surface area contributed by atoms with Gasteiger partial charge >= 0.3 is 14.8 Å². The monoisotopic (exact) mass is 354 g/mol. The summed E-state index contributed by atoms with van der Waals surface area (Å²) in [7, 11) is -2.61. The zero-order valence-electron chi connectivity index (χ0n) is 15.0. The van der Waals surface area contributed by atoms with E-state index in [2.05, 4.69) is 10.6 Å². The fraction of sp³-hybridized carbons (Fsp3) is 0.588. The van der Waals surface area contributed by atoms with Crippen molar-refractivity contribution in [3.63, 3.8) is 0 Å². The minimum atomic E-state index is -2.61. The molecule has 24 heavy (non-hydrogen) atoms. The van der Waals surface area contributed by atoms with E-state index in [1.165, 1.54) is 0 Å². The molecule has 0 spiro atoms. The SMILES string of the molecule is CCO[Si](CCCNC(=O)NCc1ccccc1)(OCC)OCC. The molecule has 0 heterocycles. The molecule has 2 N–H and O–H groups in total. The van der Waals surface area contributed by atoms with Gasteiger partial charge in [0.05, 0.1) is 0 Å². The second-order valence-electron chi connectivity index (χ2n) is 5.18. The van der Waals surface area contributed by atoms with Crippen molar-refractivity contribution in [1.82, 2.24) is 10.6 Å². The van der Waals surface area contributed by atoms with Gasteiger partial charge in [-0.05, 0) is 32.8 Å². The first-order valence-electron chi connectivity index (χ1n) is 8.63. The molecule has 1 aromatic rings. The molecule has 0 radical (unpaired) electrons. The Balaban J connectivity index is 2.29. The summed E-state index contributed by atoms with van der Waals surface area (Å²) in [5, 5.41) is 5.70. The van der Waals surface area contributed by atoms with Gasteiger partial charge in [-0.25, -0.2) is 4.79 Å². The van der Waals surface area contributed by atoms with Crippen LogP contribution in [0.1, 0.15) is 32.8 Å². The van der Waals surface area contributed by atoms with Gasteiger partial charge in [0.25, 0.3) is 0 Å². The van der Waals surface area contributed by atoms with E-state index in [9.17, 15) is 4.79 Å². The van der Waals surface area contributed by atoms with Gasteiger partial charge in [0, 0.05) is 39.0 Å². The molecule has 0 aliphatic rings. The van der Waals surface area contributed by atoms with Crippen LogP contribution < -0.4 is 10.6 Å². The number of carbonyl (C=O) groups excluding carboxylic acids is 1. The summed E-state index contributed by atoms with van der Waals surface area (Å²) in [5.74, 6) is 0. The third kappa shape index (κ3) is 7.92. The predicted octanol–water partition coefficient (Wildman–Crippen LogP) is 2.92. The zero-order chi connectivity index (χ0) is 17.7. The lowest BCUT2D eigenvalue weighted by Crippen LogP contribution is -2.46. The number of benzene rings is 1. The van der Waals surface area contributed by atoms with Crippen LogP contribution >= 0.6 is 0 Å². The molecule has 0 aliphatic carbocycles. The van der Waals surface area contributed by atoms with E-state index in [-0.39, 0.29) is 6.03 Å². The first kappa shape index (κ1) is 20.6. The van der Waals surface area contributed by atoms with E-state index in [0.29, 0.717) is 39.0 Å². The maximum atomic E-state index is 11.8. The van der Waals surface area contributed by atoms with E-state index in [0.717, 1.165) is 12.0 Å². The predicted molar refractivity (Wildman–Crippen MR) is 96.7 cm³/mol. The minimum absolute atomic E-state index is 0.171. The summed E-state index contributed by atoms with van der Waals surface area (Å²) >= 11 is 0. The van der Waals surface area contributed by atoms with Crippen LogP contribution in [0.5, 0.6) is 0 Å². The highest BCUT2D eigenvalue weighted by molar-refractivity contribution is 6.60. The molecule has 0 aliphatic heterocycles. The zero-order valence-corrected chi connectivity index (χ0v) is 16.0. The average Bonchev–Trinajstić information content (AvgIpc) is 2.59. The van der Waals surface area contributed by atoms with Gasteiger partial charge in [0.15, 0.2) is 0 Å². The van der Waals surface area contributed by atoms with E-state index < -0.39 is 8.80 Å². The van der Waals surface area contributed by atoms with Crippen molar-refractivity contribution in [3.8, 4) is 0 Å². The molecule has 2 amide bonds. The Morgan fingerprint density at radius 1 is 0.958 bits per heavy atom. The molecule has 0 bridgehead atoms. The number of rotatable bonds is 12. The first-order chi connectivity index (χ1) is 11.7. The van der Waals surface area contributed by atoms with Crippen molar-refractivity contribution >= 4 is 14.8 Å². The molecular weight excluding hydrogens is 324 g/mol. The Labute approximate surface area is 146 Å². The Morgan fingerprint density at radius 2 is 1.54 bits per heavy atom. The third-order valence-electron chi connectivity index (χ3n) is 3.33. The van der Waals surface area contributed by atoms with Gasteiger partial charge in [-0.1, -0.05) is 30.3 Å². The largest absolute Gasteiger partial charge is 0.500 e. The lowest BCUT2D eigenvalue weighted by Gasteiger charge is -2.28. The van der Waals surface area contributed by atoms with Crippen LogP contribution in [0.25, 0.3) is 0 Å². The number of carbonyl (C=O) groups is 1. The van der Waals surface area contributed by atoms with E-state index in [1.54, 1.807) is 0 Å². The first-order valence-corrected chi connectivity index (χ1v) is 10.6. The van der Waals surface area contributed by atoms with Crippen molar-refractivity contribution in [3.05, 3.63) is 35.9 Å². The molecule has 0 saturated heterocycles. The molecule has 1 aromatic carbocycles. The molecule has 7 heteroatoms. The second kappa shape index (κ2) is 12.0.